The quantitative estimate of drug-likeness (QED) is 0.728. The first-order valence-electron chi connectivity index (χ1n) is 9.56. The van der Waals surface area contributed by atoms with Crippen molar-refractivity contribution >= 4 is 11.9 Å². The van der Waals surface area contributed by atoms with Crippen molar-refractivity contribution in [1.82, 2.24) is 4.90 Å². The van der Waals surface area contributed by atoms with E-state index in [9.17, 15) is 9.59 Å². The Balaban J connectivity index is 1.72. The van der Waals surface area contributed by atoms with Gasteiger partial charge in [-0.15, -0.1) is 6.58 Å². The summed E-state index contributed by atoms with van der Waals surface area (Å²) in [5.74, 6) is -0.173. The zero-order chi connectivity index (χ0) is 19.9. The molecule has 28 heavy (non-hydrogen) atoms. The van der Waals surface area contributed by atoms with Gasteiger partial charge in [-0.2, -0.15) is 0 Å². The summed E-state index contributed by atoms with van der Waals surface area (Å²) >= 11 is 0. The van der Waals surface area contributed by atoms with E-state index in [0.717, 1.165) is 37.1 Å². The topological polar surface area (TPSA) is 66.8 Å². The molecule has 0 aliphatic carbocycles. The molecule has 1 aliphatic rings. The summed E-state index contributed by atoms with van der Waals surface area (Å²) in [6.45, 7) is 5.76. The highest BCUT2D eigenvalue weighted by Gasteiger charge is 2.19. The summed E-state index contributed by atoms with van der Waals surface area (Å²) in [5, 5.41) is 8.97. The molecule has 1 heterocycles. The van der Waals surface area contributed by atoms with Gasteiger partial charge in [0.25, 0.3) is 5.91 Å². The highest BCUT2D eigenvalue weighted by molar-refractivity contribution is 5.94. The molecule has 5 heteroatoms. The zero-order valence-corrected chi connectivity index (χ0v) is 15.9. The maximum Gasteiger partial charge on any atom is 0.335 e. The molecule has 0 bridgehead atoms. The summed E-state index contributed by atoms with van der Waals surface area (Å²) in [5.41, 5.74) is 2.72. The van der Waals surface area contributed by atoms with Crippen LogP contribution in [0.2, 0.25) is 0 Å². The van der Waals surface area contributed by atoms with Crippen LogP contribution in [-0.4, -0.2) is 35.0 Å². The van der Waals surface area contributed by atoms with Crippen molar-refractivity contribution in [2.75, 3.05) is 13.1 Å². The third-order valence-electron chi connectivity index (χ3n) is 4.91. The van der Waals surface area contributed by atoms with Crippen LogP contribution in [0.4, 0.5) is 0 Å². The number of rotatable bonds is 7. The number of hydrogen-bond donors (Lipinski definition) is 1. The number of carboxylic acids is 1. The van der Waals surface area contributed by atoms with Gasteiger partial charge in [-0.1, -0.05) is 18.2 Å². The monoisotopic (exact) mass is 379 g/mol. The summed E-state index contributed by atoms with van der Waals surface area (Å²) in [6.07, 6.45) is 5.71. The van der Waals surface area contributed by atoms with Gasteiger partial charge in [-0.05, 0) is 67.1 Å². The van der Waals surface area contributed by atoms with Gasteiger partial charge < -0.3 is 14.7 Å². The van der Waals surface area contributed by atoms with Crippen LogP contribution >= 0.6 is 0 Å². The fourth-order valence-corrected chi connectivity index (χ4v) is 3.35. The standard InChI is InChI=1S/C23H25NO4/c1-2-6-19-15-20(22(25)24-13-4-3-5-14-24)11-12-21(19)28-16-17-7-9-18(10-8-17)23(26)27/h2,7-12,15H,1,3-6,13-14,16H2,(H,26,27). The molecule has 1 aliphatic heterocycles. The normalized spacial score (nSPS) is 13.8. The lowest BCUT2D eigenvalue weighted by Gasteiger charge is -2.27. The van der Waals surface area contributed by atoms with E-state index in [1.165, 1.54) is 6.42 Å². The second-order valence-electron chi connectivity index (χ2n) is 6.96. The van der Waals surface area contributed by atoms with Crippen molar-refractivity contribution < 1.29 is 19.4 Å². The van der Waals surface area contributed by atoms with Crippen molar-refractivity contribution in [3.05, 3.63) is 77.4 Å². The Bertz CT molecular complexity index is 851. The number of carbonyl (C=O) groups is 2. The number of hydrogen-bond acceptors (Lipinski definition) is 3. The Morgan fingerprint density at radius 1 is 1.04 bits per heavy atom. The minimum atomic E-state index is -0.949. The van der Waals surface area contributed by atoms with E-state index in [4.69, 9.17) is 9.84 Å². The molecule has 3 rings (SSSR count). The molecular formula is C23H25NO4. The van der Waals surface area contributed by atoms with E-state index in [2.05, 4.69) is 6.58 Å². The molecule has 0 spiro atoms. The average molecular weight is 379 g/mol. The Kier molecular flexibility index (Phi) is 6.48. The number of aromatic carboxylic acids is 1. The fourth-order valence-electron chi connectivity index (χ4n) is 3.35. The van der Waals surface area contributed by atoms with E-state index in [1.54, 1.807) is 30.3 Å². The molecule has 1 fully saturated rings. The number of amides is 1. The van der Waals surface area contributed by atoms with Crippen LogP contribution in [0.5, 0.6) is 5.75 Å². The number of ether oxygens (including phenoxy) is 1. The Morgan fingerprint density at radius 2 is 1.71 bits per heavy atom. The number of carbonyl (C=O) groups excluding carboxylic acids is 1. The maximum atomic E-state index is 12.7. The lowest BCUT2D eigenvalue weighted by Crippen LogP contribution is -2.35. The van der Waals surface area contributed by atoms with Crippen molar-refractivity contribution in [3.63, 3.8) is 0 Å². The highest BCUT2D eigenvalue weighted by atomic mass is 16.5. The van der Waals surface area contributed by atoms with Gasteiger partial charge in [0, 0.05) is 18.7 Å². The minimum Gasteiger partial charge on any atom is -0.489 e. The Hall–Kier alpha value is -3.08. The number of nitrogens with zero attached hydrogens (tertiary/aromatic N) is 1. The van der Waals surface area contributed by atoms with Crippen LogP contribution < -0.4 is 4.74 Å². The first kappa shape index (κ1) is 19.7. The number of carboxylic acid groups (broad SMARTS) is 1. The smallest absolute Gasteiger partial charge is 0.335 e. The second kappa shape index (κ2) is 9.22. The molecule has 2 aromatic carbocycles. The number of allylic oxidation sites excluding steroid dienone is 1. The molecule has 2 aromatic rings. The molecule has 1 saturated heterocycles. The highest BCUT2D eigenvalue weighted by Crippen LogP contribution is 2.24. The van der Waals surface area contributed by atoms with Gasteiger partial charge >= 0.3 is 5.97 Å². The van der Waals surface area contributed by atoms with Gasteiger partial charge in [0.1, 0.15) is 12.4 Å². The molecule has 5 nitrogen and oxygen atoms in total. The molecule has 0 radical (unpaired) electrons. The van der Waals surface area contributed by atoms with E-state index in [0.29, 0.717) is 24.3 Å². The largest absolute Gasteiger partial charge is 0.489 e. The van der Waals surface area contributed by atoms with Gasteiger partial charge in [0.05, 0.1) is 5.56 Å². The summed E-state index contributed by atoms with van der Waals surface area (Å²) < 4.78 is 5.94. The van der Waals surface area contributed by atoms with Crippen molar-refractivity contribution in [3.8, 4) is 5.75 Å². The van der Waals surface area contributed by atoms with Gasteiger partial charge in [-0.25, -0.2) is 4.79 Å². The molecule has 0 atom stereocenters. The van der Waals surface area contributed by atoms with Gasteiger partial charge in [0.2, 0.25) is 0 Å². The maximum absolute atomic E-state index is 12.7. The van der Waals surface area contributed by atoms with Crippen molar-refractivity contribution in [2.45, 2.75) is 32.3 Å². The summed E-state index contributed by atoms with van der Waals surface area (Å²) in [4.78, 5) is 25.6. The van der Waals surface area contributed by atoms with E-state index >= 15 is 0 Å². The molecule has 0 saturated carbocycles. The van der Waals surface area contributed by atoms with E-state index in [1.807, 2.05) is 23.1 Å². The third-order valence-corrected chi connectivity index (χ3v) is 4.91. The summed E-state index contributed by atoms with van der Waals surface area (Å²) in [6, 6.07) is 12.1. The Morgan fingerprint density at radius 3 is 2.36 bits per heavy atom. The molecule has 146 valence electrons. The van der Waals surface area contributed by atoms with E-state index in [-0.39, 0.29) is 11.5 Å². The SMILES string of the molecule is C=CCc1cc(C(=O)N2CCCCC2)ccc1OCc1ccc(C(=O)O)cc1. The zero-order valence-electron chi connectivity index (χ0n) is 15.9. The average Bonchev–Trinajstić information content (AvgIpc) is 2.73. The van der Waals surface area contributed by atoms with Gasteiger partial charge in [0.15, 0.2) is 0 Å². The molecular weight excluding hydrogens is 354 g/mol. The predicted octanol–water partition coefficient (Wildman–Crippen LogP) is 4.32. The van der Waals surface area contributed by atoms with Crippen LogP contribution in [0.1, 0.15) is 51.1 Å². The first-order valence-corrected chi connectivity index (χ1v) is 9.56. The van der Waals surface area contributed by atoms with Crippen LogP contribution in [0.25, 0.3) is 0 Å². The fraction of sp³-hybridized carbons (Fsp3) is 0.304. The summed E-state index contributed by atoms with van der Waals surface area (Å²) in [7, 11) is 0. The number of likely N-dealkylation sites (tertiary alicyclic amines) is 1. The number of benzene rings is 2. The minimum absolute atomic E-state index is 0.0702. The van der Waals surface area contributed by atoms with Crippen molar-refractivity contribution in [2.24, 2.45) is 0 Å². The predicted molar refractivity (Wildman–Crippen MR) is 108 cm³/mol. The lowest BCUT2D eigenvalue weighted by molar-refractivity contribution is 0.0694. The van der Waals surface area contributed by atoms with E-state index < -0.39 is 5.97 Å². The number of piperidine rings is 1. The molecule has 1 N–H and O–H groups in total. The van der Waals surface area contributed by atoms with Crippen LogP contribution in [-0.2, 0) is 13.0 Å². The van der Waals surface area contributed by atoms with Crippen LogP contribution in [0.15, 0.2) is 55.1 Å². The van der Waals surface area contributed by atoms with Crippen LogP contribution in [0.3, 0.4) is 0 Å². The first-order chi connectivity index (χ1) is 13.6. The molecule has 0 aromatic heterocycles. The Labute approximate surface area is 165 Å². The van der Waals surface area contributed by atoms with Crippen molar-refractivity contribution in [1.29, 1.82) is 0 Å². The lowest BCUT2D eigenvalue weighted by atomic mass is 10.0. The third kappa shape index (κ3) is 4.80. The molecule has 1 amide bonds. The van der Waals surface area contributed by atoms with Gasteiger partial charge in [-0.3, -0.25) is 4.79 Å². The second-order valence-corrected chi connectivity index (χ2v) is 6.96. The van der Waals surface area contributed by atoms with Crippen LogP contribution in [0, 0.1) is 0 Å². The molecule has 0 unspecified atom stereocenters.